The maximum Gasteiger partial charge on any atom is 0.225 e. The van der Waals surface area contributed by atoms with Crippen molar-refractivity contribution in [3.63, 3.8) is 0 Å². The van der Waals surface area contributed by atoms with Crippen molar-refractivity contribution in [3.8, 4) is 0 Å². The number of carbonyl (C=O) groups is 1. The summed E-state index contributed by atoms with van der Waals surface area (Å²) in [6.45, 7) is 2.04. The Bertz CT molecular complexity index is 435. The highest BCUT2D eigenvalue weighted by molar-refractivity contribution is 5.77. The third kappa shape index (κ3) is 4.03. The first-order valence-electron chi connectivity index (χ1n) is 7.21. The van der Waals surface area contributed by atoms with Crippen LogP contribution in [-0.2, 0) is 19.0 Å². The molecule has 116 valence electrons. The lowest BCUT2D eigenvalue weighted by atomic mass is 9.98. The summed E-state index contributed by atoms with van der Waals surface area (Å²) in [5.74, 6) is 0.0927. The first-order chi connectivity index (χ1) is 10.3. The molecule has 0 spiro atoms. The van der Waals surface area contributed by atoms with E-state index in [4.69, 9.17) is 14.2 Å². The maximum absolute atomic E-state index is 12.4. The minimum Gasteiger partial charge on any atom is -0.384 e. The van der Waals surface area contributed by atoms with Crippen LogP contribution in [0.25, 0.3) is 0 Å². The van der Waals surface area contributed by atoms with E-state index in [-0.39, 0.29) is 18.1 Å². The molecule has 5 nitrogen and oxygen atoms in total. The van der Waals surface area contributed by atoms with E-state index >= 15 is 0 Å². The summed E-state index contributed by atoms with van der Waals surface area (Å²) >= 11 is 0. The average molecular weight is 293 g/mol. The molecule has 2 atom stereocenters. The van der Waals surface area contributed by atoms with Crippen LogP contribution in [0.2, 0.25) is 0 Å². The second kappa shape index (κ2) is 8.12. The summed E-state index contributed by atoms with van der Waals surface area (Å²) in [5, 5.41) is 0. The Morgan fingerprint density at radius 3 is 2.71 bits per heavy atom. The summed E-state index contributed by atoms with van der Waals surface area (Å²) < 4.78 is 16.1. The number of hydrogen-bond acceptors (Lipinski definition) is 4. The second-order valence-corrected chi connectivity index (χ2v) is 5.05. The molecule has 1 aliphatic rings. The van der Waals surface area contributed by atoms with Crippen LogP contribution in [0.3, 0.4) is 0 Å². The maximum atomic E-state index is 12.4. The number of nitrogens with zero attached hydrogens (tertiary/aromatic N) is 1. The molecule has 0 N–H and O–H groups in total. The van der Waals surface area contributed by atoms with Crippen molar-refractivity contribution in [1.29, 1.82) is 0 Å². The lowest BCUT2D eigenvalue weighted by Gasteiger charge is -2.41. The molecule has 1 aromatic carbocycles. The minimum atomic E-state index is -0.141. The summed E-state index contributed by atoms with van der Waals surface area (Å²) in [7, 11) is 3.26. The van der Waals surface area contributed by atoms with Crippen LogP contribution in [0.5, 0.6) is 0 Å². The zero-order chi connectivity index (χ0) is 15.1. The average Bonchev–Trinajstić information content (AvgIpc) is 2.53. The van der Waals surface area contributed by atoms with E-state index < -0.39 is 0 Å². The number of ether oxygens (including phenoxy) is 3. The standard InChI is InChI=1S/C16H23NO4/c1-19-10-8-15(18)17-9-11-21-14(12-20-2)16(17)13-6-4-3-5-7-13/h3-7,14,16H,8-12H2,1-2H3/t14-,16-/m0/s1. The third-order valence-electron chi connectivity index (χ3n) is 3.66. The van der Waals surface area contributed by atoms with Gasteiger partial charge < -0.3 is 19.1 Å². The third-order valence-corrected chi connectivity index (χ3v) is 3.66. The van der Waals surface area contributed by atoms with Gasteiger partial charge in [-0.2, -0.15) is 0 Å². The van der Waals surface area contributed by atoms with Gasteiger partial charge >= 0.3 is 0 Å². The second-order valence-electron chi connectivity index (χ2n) is 5.05. The summed E-state index contributed by atoms with van der Waals surface area (Å²) in [5.41, 5.74) is 1.07. The number of benzene rings is 1. The molecule has 1 fully saturated rings. The Morgan fingerprint density at radius 2 is 2.05 bits per heavy atom. The van der Waals surface area contributed by atoms with E-state index in [2.05, 4.69) is 0 Å². The van der Waals surface area contributed by atoms with Gasteiger partial charge in [-0.15, -0.1) is 0 Å². The van der Waals surface area contributed by atoms with Crippen LogP contribution >= 0.6 is 0 Å². The van der Waals surface area contributed by atoms with Crippen LogP contribution in [0.1, 0.15) is 18.0 Å². The lowest BCUT2D eigenvalue weighted by Crippen LogP contribution is -2.49. The normalized spacial score (nSPS) is 22.3. The van der Waals surface area contributed by atoms with E-state index in [0.717, 1.165) is 5.56 Å². The molecule has 0 bridgehead atoms. The predicted molar refractivity (Wildman–Crippen MR) is 79.0 cm³/mol. The Kier molecular flexibility index (Phi) is 6.17. The smallest absolute Gasteiger partial charge is 0.225 e. The van der Waals surface area contributed by atoms with Crippen molar-refractivity contribution in [3.05, 3.63) is 35.9 Å². The van der Waals surface area contributed by atoms with Crippen molar-refractivity contribution in [2.45, 2.75) is 18.6 Å². The molecule has 0 radical (unpaired) electrons. The Morgan fingerprint density at radius 1 is 1.29 bits per heavy atom. The van der Waals surface area contributed by atoms with Crippen LogP contribution in [0, 0.1) is 0 Å². The van der Waals surface area contributed by atoms with E-state index in [1.807, 2.05) is 35.2 Å². The molecule has 0 aliphatic carbocycles. The van der Waals surface area contributed by atoms with Gasteiger partial charge in [0.25, 0.3) is 0 Å². The van der Waals surface area contributed by atoms with Crippen LogP contribution in [0.4, 0.5) is 0 Å². The zero-order valence-electron chi connectivity index (χ0n) is 12.7. The molecule has 21 heavy (non-hydrogen) atoms. The van der Waals surface area contributed by atoms with Gasteiger partial charge in [0.1, 0.15) is 6.10 Å². The fourth-order valence-electron chi connectivity index (χ4n) is 2.69. The molecule has 5 heteroatoms. The predicted octanol–water partition coefficient (Wildman–Crippen LogP) is 1.64. The van der Waals surface area contributed by atoms with Gasteiger partial charge in [0.05, 0.1) is 32.3 Å². The largest absolute Gasteiger partial charge is 0.384 e. The van der Waals surface area contributed by atoms with Crippen molar-refractivity contribution in [2.75, 3.05) is 40.6 Å². The molecule has 2 rings (SSSR count). The molecule has 1 aromatic rings. The molecule has 1 heterocycles. The molecule has 0 aromatic heterocycles. The first-order valence-corrected chi connectivity index (χ1v) is 7.21. The fraction of sp³-hybridized carbons (Fsp3) is 0.562. The monoisotopic (exact) mass is 293 g/mol. The quantitative estimate of drug-likeness (QED) is 0.800. The van der Waals surface area contributed by atoms with Crippen molar-refractivity contribution < 1.29 is 19.0 Å². The number of rotatable bonds is 6. The molecular formula is C16H23NO4. The van der Waals surface area contributed by atoms with Crippen LogP contribution in [-0.4, -0.2) is 57.5 Å². The van der Waals surface area contributed by atoms with E-state index in [9.17, 15) is 4.79 Å². The highest BCUT2D eigenvalue weighted by atomic mass is 16.5. The van der Waals surface area contributed by atoms with Crippen molar-refractivity contribution >= 4 is 5.91 Å². The van der Waals surface area contributed by atoms with Gasteiger partial charge in [-0.3, -0.25) is 4.79 Å². The first kappa shape index (κ1) is 15.9. The minimum absolute atomic E-state index is 0.0927. The Hall–Kier alpha value is -1.43. The highest BCUT2D eigenvalue weighted by Gasteiger charge is 2.35. The Labute approximate surface area is 125 Å². The van der Waals surface area contributed by atoms with Gasteiger partial charge in [-0.05, 0) is 5.56 Å². The molecule has 1 saturated heterocycles. The van der Waals surface area contributed by atoms with Crippen molar-refractivity contribution in [2.24, 2.45) is 0 Å². The highest BCUT2D eigenvalue weighted by Crippen LogP contribution is 2.30. The number of hydrogen-bond donors (Lipinski definition) is 0. The number of carbonyl (C=O) groups excluding carboxylic acids is 1. The van der Waals surface area contributed by atoms with Crippen molar-refractivity contribution in [1.82, 2.24) is 4.90 Å². The molecule has 0 unspecified atom stereocenters. The summed E-state index contributed by atoms with van der Waals surface area (Å²) in [6.07, 6.45) is 0.247. The van der Waals surface area contributed by atoms with Crippen LogP contribution in [0.15, 0.2) is 30.3 Å². The van der Waals surface area contributed by atoms with E-state index in [1.165, 1.54) is 0 Å². The molecule has 1 aliphatic heterocycles. The Balaban J connectivity index is 2.21. The zero-order valence-corrected chi connectivity index (χ0v) is 12.7. The van der Waals surface area contributed by atoms with Crippen LogP contribution < -0.4 is 0 Å². The lowest BCUT2D eigenvalue weighted by molar-refractivity contribution is -0.151. The fourth-order valence-corrected chi connectivity index (χ4v) is 2.69. The summed E-state index contributed by atoms with van der Waals surface area (Å²) in [6, 6.07) is 9.87. The molecule has 0 saturated carbocycles. The van der Waals surface area contributed by atoms with Gasteiger partial charge in [0.2, 0.25) is 5.91 Å². The number of amides is 1. The molecular weight excluding hydrogens is 270 g/mol. The summed E-state index contributed by atoms with van der Waals surface area (Å²) in [4.78, 5) is 14.3. The van der Waals surface area contributed by atoms with E-state index in [0.29, 0.717) is 32.8 Å². The SMILES string of the molecule is COCCC(=O)N1CCO[C@@H](COC)[C@@H]1c1ccccc1. The number of methoxy groups -OCH3 is 2. The number of morpholine rings is 1. The molecule has 1 amide bonds. The topological polar surface area (TPSA) is 48.0 Å². The van der Waals surface area contributed by atoms with E-state index in [1.54, 1.807) is 14.2 Å². The van der Waals surface area contributed by atoms with Gasteiger partial charge in [0, 0.05) is 20.8 Å². The van der Waals surface area contributed by atoms with Gasteiger partial charge in [-0.1, -0.05) is 30.3 Å². The van der Waals surface area contributed by atoms with Gasteiger partial charge in [-0.25, -0.2) is 0 Å². The van der Waals surface area contributed by atoms with Gasteiger partial charge in [0.15, 0.2) is 0 Å².